The number of anilines is 15. The van der Waals surface area contributed by atoms with Crippen molar-refractivity contribution in [1.82, 2.24) is 59.9 Å². The van der Waals surface area contributed by atoms with Gasteiger partial charge >= 0.3 is 5.69 Å². The first kappa shape index (κ1) is 94.3. The molecule has 0 atom stereocenters. The highest BCUT2D eigenvalue weighted by molar-refractivity contribution is 6.41. The predicted molar refractivity (Wildman–Crippen MR) is 497 cm³/mol. The molecule has 123 heavy (non-hydrogen) atoms. The number of hydrogen-bond donors (Lipinski definition) is 8. The summed E-state index contributed by atoms with van der Waals surface area (Å²) in [4.78, 5) is 77.3. The molecule has 13 aromatic rings. The van der Waals surface area contributed by atoms with Crippen molar-refractivity contribution in [3.63, 3.8) is 0 Å². The maximum atomic E-state index is 13.9. The van der Waals surface area contributed by atoms with Crippen LogP contribution in [0.1, 0.15) is 0 Å². The summed E-state index contributed by atoms with van der Waals surface area (Å²) in [6.45, 7) is 8.68. The molecule has 13 rings (SSSR count). The number of benzene rings is 9. The second kappa shape index (κ2) is 45.9. The molecule has 0 spiro atoms. The molecule has 4 aromatic heterocycles. The van der Waals surface area contributed by atoms with Crippen LogP contribution in [-0.2, 0) is 4.79 Å². The summed E-state index contributed by atoms with van der Waals surface area (Å²) < 4.78 is 30.2. The van der Waals surface area contributed by atoms with Crippen LogP contribution in [0.3, 0.4) is 0 Å². The van der Waals surface area contributed by atoms with E-state index in [2.05, 4.69) is 124 Å². The van der Waals surface area contributed by atoms with E-state index in [4.69, 9.17) is 83.8 Å². The average molecular weight is 1790 g/mol. The van der Waals surface area contributed by atoms with Crippen LogP contribution in [0.2, 0.25) is 30.5 Å². The van der Waals surface area contributed by atoms with E-state index in [1.54, 1.807) is 19.2 Å². The van der Waals surface area contributed by atoms with Gasteiger partial charge in [0.2, 0.25) is 34.9 Å². The highest BCUT2D eigenvalue weighted by atomic mass is 35.5. The van der Waals surface area contributed by atoms with Gasteiger partial charge in [0, 0.05) is 101 Å². The zero-order chi connectivity index (χ0) is 89.0. The quantitative estimate of drug-likeness (QED) is 0.00681. The van der Waals surface area contributed by atoms with Crippen LogP contribution in [0, 0.1) is 26.0 Å². The Morgan fingerprint density at radius 2 is 0.805 bits per heavy atom. The van der Waals surface area contributed by atoms with Crippen molar-refractivity contribution in [2.24, 2.45) is 0 Å². The first-order valence-corrected chi connectivity index (χ1v) is 39.7. The molecule has 642 valence electrons. The second-order valence-electron chi connectivity index (χ2n) is 27.6. The molecular formula is C85H90Cl6FN23O8. The molecule has 31 nitrogen and oxygen atoms in total. The van der Waals surface area contributed by atoms with E-state index in [0.29, 0.717) is 79.3 Å². The van der Waals surface area contributed by atoms with E-state index < -0.39 is 21.4 Å². The lowest BCUT2D eigenvalue weighted by Crippen LogP contribution is -2.29. The molecule has 0 aliphatic rings. The lowest BCUT2D eigenvalue weighted by atomic mass is 10.1. The Morgan fingerprint density at radius 3 is 1.16 bits per heavy atom. The Hall–Kier alpha value is -12.6. The Morgan fingerprint density at radius 1 is 0.439 bits per heavy atom. The first-order valence-electron chi connectivity index (χ1n) is 37.5. The van der Waals surface area contributed by atoms with Gasteiger partial charge in [0.05, 0.1) is 89.4 Å². The summed E-state index contributed by atoms with van der Waals surface area (Å²) in [5.41, 5.74) is 4.55. The highest BCUT2D eigenvalue weighted by Crippen LogP contribution is 2.42. The van der Waals surface area contributed by atoms with Crippen molar-refractivity contribution < 1.29 is 33.2 Å². The molecule has 38 heteroatoms. The van der Waals surface area contributed by atoms with E-state index in [9.17, 15) is 29.4 Å². The molecule has 4 heterocycles. The van der Waals surface area contributed by atoms with Crippen LogP contribution in [0.15, 0.2) is 201 Å². The number of aromatic nitrogens is 8. The van der Waals surface area contributed by atoms with Gasteiger partial charge in [-0.25, -0.2) is 24.9 Å². The third-order valence-corrected chi connectivity index (χ3v) is 19.5. The highest BCUT2D eigenvalue weighted by Gasteiger charge is 2.25. The van der Waals surface area contributed by atoms with Crippen LogP contribution < -0.4 is 66.5 Å². The van der Waals surface area contributed by atoms with Gasteiger partial charge in [-0.3, -0.25) is 25.0 Å². The van der Waals surface area contributed by atoms with E-state index >= 15 is 0 Å². The lowest BCUT2D eigenvalue weighted by Gasteiger charge is -2.26. The van der Waals surface area contributed by atoms with Crippen LogP contribution in [-0.4, -0.2) is 194 Å². The Labute approximate surface area is 740 Å². The Kier molecular flexibility index (Phi) is 35.2. The third-order valence-electron chi connectivity index (χ3n) is 17.8. The van der Waals surface area contributed by atoms with Crippen molar-refractivity contribution >= 4 is 206 Å². The van der Waals surface area contributed by atoms with Crippen molar-refractivity contribution in [1.29, 1.82) is 0 Å². The van der Waals surface area contributed by atoms with Gasteiger partial charge in [0.1, 0.15) is 38.0 Å². The molecule has 1 amide bonds. The van der Waals surface area contributed by atoms with Crippen LogP contribution >= 0.6 is 69.6 Å². The maximum Gasteiger partial charge on any atom is 0.307 e. The Balaban J connectivity index is 0.000000192. The van der Waals surface area contributed by atoms with Crippen LogP contribution in [0.5, 0.6) is 17.2 Å². The summed E-state index contributed by atoms with van der Waals surface area (Å²) in [5.74, 6) is 1.46. The number of rotatable bonds is 30. The molecule has 8 N–H and O–H groups in total. The molecular weight excluding hydrogens is 1700 g/mol. The number of carbonyl (C=O) groups is 1. The molecule has 0 aliphatic heterocycles. The fourth-order valence-electron chi connectivity index (χ4n) is 11.4. The molecule has 0 bridgehead atoms. The summed E-state index contributed by atoms with van der Waals surface area (Å²) >= 11 is 35.3. The minimum atomic E-state index is -1.01. The topological polar surface area (TPSA) is 347 Å². The minimum Gasteiger partial charge on any atom is -0.494 e. The van der Waals surface area contributed by atoms with Crippen LogP contribution in [0.4, 0.5) is 102 Å². The number of nitrogens with zero attached hydrogens (tertiary/aromatic N) is 15. The fourth-order valence-corrected chi connectivity index (χ4v) is 12.2. The summed E-state index contributed by atoms with van der Waals surface area (Å²) in [6.07, 6.45) is 6.94. The molecule has 0 unspecified atom stereocenters. The van der Waals surface area contributed by atoms with Crippen molar-refractivity contribution in [2.75, 3.05) is 171 Å². The molecule has 0 aliphatic carbocycles. The van der Waals surface area contributed by atoms with Crippen molar-refractivity contribution in [2.45, 2.75) is 0 Å². The molecule has 0 saturated carbocycles. The van der Waals surface area contributed by atoms with Crippen molar-refractivity contribution in [3.8, 4) is 17.2 Å². The number of halogens is 7. The average Bonchev–Trinajstić information content (AvgIpc) is 0.776. The third kappa shape index (κ3) is 27.7. The van der Waals surface area contributed by atoms with Crippen molar-refractivity contribution in [3.05, 3.63) is 258 Å². The van der Waals surface area contributed by atoms with E-state index in [1.807, 2.05) is 187 Å². The van der Waals surface area contributed by atoms with E-state index in [-0.39, 0.29) is 50.4 Å². The normalized spacial score (nSPS) is 10.7. The van der Waals surface area contributed by atoms with Gasteiger partial charge in [-0.15, -0.1) is 0 Å². The first-order chi connectivity index (χ1) is 58.9. The number of fused-ring (bicyclic) bond motifs is 3. The number of carbonyl (C=O) groups excluding carboxylic acids is 1. The van der Waals surface area contributed by atoms with Gasteiger partial charge in [0.15, 0.2) is 22.6 Å². The van der Waals surface area contributed by atoms with E-state index in [1.165, 1.54) is 51.1 Å². The number of ether oxygens (including phenoxy) is 3. The number of methoxy groups -OCH3 is 3. The summed E-state index contributed by atoms with van der Waals surface area (Å²) in [5, 5.41) is 55.7. The number of hydrogen-bond acceptors (Lipinski definition) is 28. The number of likely N-dealkylation sites (N-methyl/N-ethyl adjacent to an activating group) is 6. The van der Waals surface area contributed by atoms with Gasteiger partial charge in [-0.1, -0.05) is 156 Å². The van der Waals surface area contributed by atoms with Gasteiger partial charge in [0.25, 0.3) is 5.69 Å². The van der Waals surface area contributed by atoms with Crippen LogP contribution in [0.25, 0.3) is 32.3 Å². The number of nitro groups is 2. The second-order valence-corrected chi connectivity index (χ2v) is 29.9. The molecule has 9 aromatic carbocycles. The zero-order valence-corrected chi connectivity index (χ0v) is 73.6. The smallest absolute Gasteiger partial charge is 0.307 e. The Bertz CT molecular complexity index is 5850. The van der Waals surface area contributed by atoms with Gasteiger partial charge in [-0.2, -0.15) is 19.3 Å². The number of amides is 1. The monoisotopic (exact) mass is 1790 g/mol. The summed E-state index contributed by atoms with van der Waals surface area (Å²) in [7, 11) is 22.2. The standard InChI is InChI=1S/C29H32ClN7O2.C26H28ClN7O3.C21H15ClFN5O3.C5H14N2.C4HCl3N2/c1-6-27(38)33-23-16-24(26(39-5)17-25(23)37(4)14-13-36(2)3)34-29-31-18-22(30)28(35-29)32-21-12-11-19-9-7-8-10-20(19)15-21;1-32(2)11-12-33(3)22-15-24(37-4)21(14-23(22)34(35)36)30-26-28-16-20(27)25(31-26)29-19-10-9-17-7-5-6-8-18(17)13-19;1-31-19-9-16(23)18(28(29)30)10-17(19)26-21-24-11-15(22)20(27-21)25-14-7-6-12-4-2-3-5-13(12)8-14;1-6-4-5-7(2)3;5-2-1-8-4(7)9-3(2)6/h6-12,15-18H,1,13-14H2,2-5H3,(H,33,38)(H2,31,32,34,35);5-10,13-16H,11-12H2,1-4H3,(H2,28,29,30,31);2-11H,1H3,(H2,24,25,26,27);6H,4-5H2,1-3H3;1H. The maximum absolute atomic E-state index is 13.9. The zero-order valence-electron chi connectivity index (χ0n) is 69.0. The van der Waals surface area contributed by atoms with Gasteiger partial charge < -0.3 is 81.2 Å². The molecule has 0 saturated heterocycles. The fraction of sp³-hybridized carbons (Fsp3) is 0.212. The predicted octanol–water partition coefficient (Wildman–Crippen LogP) is 19.6. The molecule has 0 radical (unpaired) electrons. The SMILES string of the molecule is C=CC(=O)Nc1cc(Nc2ncc(Cl)c(Nc3ccc4ccccc4c3)n2)c(OC)cc1N(C)CCN(C)C.CNCCN(C)C.COc1cc(F)c([N+](=O)[O-])cc1Nc1ncc(Cl)c(Nc2ccc3ccccc3c2)n1.COc1cc(N(C)CCN(C)C)c([N+](=O)[O-])cc1Nc1ncc(Cl)c(Nc2ccc3ccccc3c2)n1.Clc1ncc(Cl)c(Cl)n1. The van der Waals surface area contributed by atoms with E-state index in [0.717, 1.165) is 99.9 Å². The largest absolute Gasteiger partial charge is 0.494 e. The lowest BCUT2D eigenvalue weighted by molar-refractivity contribution is -0.387. The van der Waals surface area contributed by atoms with Gasteiger partial charge in [-0.05, 0) is 142 Å². The number of nitrogens with one attached hydrogen (secondary N) is 8. The summed E-state index contributed by atoms with van der Waals surface area (Å²) in [6, 6.07) is 50.5. The molecule has 0 fully saturated rings. The number of nitro benzene ring substituents is 2. The minimum absolute atomic E-state index is 0.0608.